The third kappa shape index (κ3) is 2.27. The van der Waals surface area contributed by atoms with Crippen LogP contribution in [0.2, 0.25) is 0 Å². The van der Waals surface area contributed by atoms with Crippen LogP contribution in [0.25, 0.3) is 0 Å². The number of nitrogens with zero attached hydrogens (tertiary/aromatic N) is 1. The van der Waals surface area contributed by atoms with E-state index in [9.17, 15) is 10.1 Å². The zero-order valence-electron chi connectivity index (χ0n) is 10.3. The van der Waals surface area contributed by atoms with Crippen LogP contribution in [0.3, 0.4) is 0 Å². The van der Waals surface area contributed by atoms with E-state index < -0.39 is 0 Å². The lowest BCUT2D eigenvalue weighted by atomic mass is 9.74. The summed E-state index contributed by atoms with van der Waals surface area (Å²) in [6.07, 6.45) is 1.44. The highest BCUT2D eigenvalue weighted by atomic mass is 32.2. The van der Waals surface area contributed by atoms with Crippen LogP contribution in [0.1, 0.15) is 48.0 Å². The van der Waals surface area contributed by atoms with E-state index >= 15 is 0 Å². The van der Waals surface area contributed by atoms with Gasteiger partial charge in [0.1, 0.15) is 10.9 Å². The first-order valence-corrected chi connectivity index (χ1v) is 7.50. The van der Waals surface area contributed by atoms with Crippen LogP contribution in [0, 0.1) is 16.7 Å². The van der Waals surface area contributed by atoms with Crippen LogP contribution in [-0.4, -0.2) is 11.5 Å². The lowest BCUT2D eigenvalue weighted by molar-refractivity contribution is 0.0910. The van der Waals surface area contributed by atoms with Gasteiger partial charge in [-0.3, -0.25) is 4.79 Å². The zero-order valence-corrected chi connectivity index (χ0v) is 11.9. The second-order valence-corrected chi connectivity index (χ2v) is 7.61. The number of Topliss-reactive ketones (excluding diaryl/α,β-unsaturated/α-hetero) is 1. The Morgan fingerprint density at radius 2 is 2.18 bits per heavy atom. The molecule has 0 N–H and O–H groups in total. The van der Waals surface area contributed by atoms with Gasteiger partial charge in [-0.15, -0.1) is 23.1 Å². The molecule has 0 aromatic carbocycles. The molecule has 0 spiro atoms. The number of fused-ring (bicyclic) bond motifs is 1. The smallest absolute Gasteiger partial charge is 0.165 e. The number of hydrogen-bond donors (Lipinski definition) is 0. The fourth-order valence-electron chi connectivity index (χ4n) is 2.28. The molecular formula is C13H15NOS2. The summed E-state index contributed by atoms with van der Waals surface area (Å²) in [5.41, 5.74) is 1.83. The third-order valence-electron chi connectivity index (χ3n) is 2.93. The number of ketones is 1. The van der Waals surface area contributed by atoms with Gasteiger partial charge in [0.15, 0.2) is 5.78 Å². The predicted octanol–water partition coefficient (Wildman–Crippen LogP) is 3.89. The Hall–Kier alpha value is -0.790. The Bertz CT molecular complexity index is 508. The van der Waals surface area contributed by atoms with Crippen LogP contribution in [0.5, 0.6) is 0 Å². The number of hydrogen-bond acceptors (Lipinski definition) is 4. The third-order valence-corrected chi connectivity index (χ3v) is 5.21. The number of rotatable bonds is 2. The van der Waals surface area contributed by atoms with E-state index in [1.165, 1.54) is 11.3 Å². The topological polar surface area (TPSA) is 40.9 Å². The second kappa shape index (κ2) is 4.47. The molecule has 0 aliphatic heterocycles. The molecule has 0 bridgehead atoms. The van der Waals surface area contributed by atoms with E-state index in [1.807, 2.05) is 0 Å². The van der Waals surface area contributed by atoms with E-state index in [2.05, 4.69) is 26.8 Å². The van der Waals surface area contributed by atoms with Gasteiger partial charge < -0.3 is 0 Å². The van der Waals surface area contributed by atoms with Crippen molar-refractivity contribution in [2.75, 3.05) is 5.75 Å². The zero-order chi connectivity index (χ0) is 12.6. The molecule has 0 fully saturated rings. The first kappa shape index (κ1) is 12.7. The average Bonchev–Trinajstić information content (AvgIpc) is 2.55. The van der Waals surface area contributed by atoms with Crippen molar-refractivity contribution in [3.63, 3.8) is 0 Å². The van der Waals surface area contributed by atoms with Crippen LogP contribution in [0.4, 0.5) is 0 Å². The van der Waals surface area contributed by atoms with Gasteiger partial charge in [0, 0.05) is 12.0 Å². The molecule has 1 aliphatic carbocycles. The van der Waals surface area contributed by atoms with Crippen molar-refractivity contribution < 1.29 is 4.79 Å². The van der Waals surface area contributed by atoms with Gasteiger partial charge >= 0.3 is 0 Å². The minimum atomic E-state index is -0.00902. The lowest BCUT2D eigenvalue weighted by Gasteiger charge is -2.28. The molecule has 90 valence electrons. The normalized spacial score (nSPS) is 17.6. The highest BCUT2D eigenvalue weighted by molar-refractivity contribution is 8.01. The lowest BCUT2D eigenvalue weighted by Crippen LogP contribution is -2.26. The van der Waals surface area contributed by atoms with Gasteiger partial charge in [-0.25, -0.2) is 0 Å². The van der Waals surface area contributed by atoms with E-state index in [4.69, 9.17) is 0 Å². The van der Waals surface area contributed by atoms with Crippen molar-refractivity contribution in [2.24, 2.45) is 5.41 Å². The minimum absolute atomic E-state index is 0.00902. The van der Waals surface area contributed by atoms with Crippen LogP contribution in [-0.2, 0) is 6.42 Å². The molecule has 1 aromatic rings. The van der Waals surface area contributed by atoms with Crippen LogP contribution >= 0.6 is 23.1 Å². The van der Waals surface area contributed by atoms with E-state index in [0.29, 0.717) is 6.42 Å². The van der Waals surface area contributed by atoms with E-state index in [0.717, 1.165) is 32.4 Å². The van der Waals surface area contributed by atoms with Crippen molar-refractivity contribution in [2.45, 2.75) is 37.8 Å². The molecule has 0 saturated heterocycles. The number of carbonyl (C=O) groups excluding carboxylic acids is 1. The summed E-state index contributed by atoms with van der Waals surface area (Å²) in [4.78, 5) is 12.9. The van der Waals surface area contributed by atoms with Crippen LogP contribution < -0.4 is 0 Å². The molecule has 4 heteroatoms. The predicted molar refractivity (Wildman–Crippen MR) is 71.9 cm³/mol. The minimum Gasteiger partial charge on any atom is -0.294 e. The monoisotopic (exact) mass is 265 g/mol. The fraction of sp³-hybridized carbons (Fsp3) is 0.538. The van der Waals surface area contributed by atoms with Gasteiger partial charge in [-0.2, -0.15) is 5.26 Å². The molecule has 0 radical (unpaired) electrons. The van der Waals surface area contributed by atoms with Crippen molar-refractivity contribution >= 4 is 28.9 Å². The standard InChI is InChI=1S/C13H15NOS2/c1-4-16-12-11-8(10(7-14)17-12)5-13(2,3)6-9(11)15/h4-6H2,1-3H3. The van der Waals surface area contributed by atoms with Crippen molar-refractivity contribution in [1.82, 2.24) is 0 Å². The molecule has 1 aliphatic rings. The summed E-state index contributed by atoms with van der Waals surface area (Å²) < 4.78 is 1.04. The van der Waals surface area contributed by atoms with E-state index in [1.54, 1.807) is 11.8 Å². The number of nitriles is 1. The van der Waals surface area contributed by atoms with Gasteiger partial charge in [-0.1, -0.05) is 20.8 Å². The molecule has 0 unspecified atom stereocenters. The number of thiophene rings is 1. The Balaban J connectivity index is 2.56. The molecule has 1 aromatic heterocycles. The Kier molecular flexibility index (Phi) is 3.33. The molecule has 0 atom stereocenters. The Morgan fingerprint density at radius 1 is 1.47 bits per heavy atom. The maximum Gasteiger partial charge on any atom is 0.165 e. The summed E-state index contributed by atoms with van der Waals surface area (Å²) in [5, 5.41) is 9.17. The Labute approximate surface area is 110 Å². The summed E-state index contributed by atoms with van der Waals surface area (Å²) in [5.74, 6) is 1.15. The molecule has 0 amide bonds. The number of carbonyl (C=O) groups is 1. The van der Waals surface area contributed by atoms with Crippen LogP contribution in [0.15, 0.2) is 4.21 Å². The SMILES string of the molecule is CCSc1sc(C#N)c2c1C(=O)CC(C)(C)C2. The largest absolute Gasteiger partial charge is 0.294 e. The summed E-state index contributed by atoms with van der Waals surface area (Å²) in [6.45, 7) is 6.26. The molecule has 0 saturated carbocycles. The summed E-state index contributed by atoms with van der Waals surface area (Å²) in [6, 6.07) is 2.25. The maximum absolute atomic E-state index is 12.2. The van der Waals surface area contributed by atoms with Gasteiger partial charge in [0.25, 0.3) is 0 Å². The van der Waals surface area contributed by atoms with Gasteiger partial charge in [-0.05, 0) is 23.2 Å². The Morgan fingerprint density at radius 3 is 2.76 bits per heavy atom. The summed E-state index contributed by atoms with van der Waals surface area (Å²) >= 11 is 3.16. The molecule has 2 rings (SSSR count). The first-order valence-electron chi connectivity index (χ1n) is 5.70. The highest BCUT2D eigenvalue weighted by Crippen LogP contribution is 2.44. The fourth-order valence-corrected chi connectivity index (χ4v) is 4.63. The molecule has 1 heterocycles. The quantitative estimate of drug-likeness (QED) is 0.762. The van der Waals surface area contributed by atoms with E-state index in [-0.39, 0.29) is 11.2 Å². The van der Waals surface area contributed by atoms with Crippen molar-refractivity contribution in [3.8, 4) is 6.07 Å². The number of thioether (sulfide) groups is 1. The molecule has 2 nitrogen and oxygen atoms in total. The van der Waals surface area contributed by atoms with Crippen molar-refractivity contribution in [1.29, 1.82) is 5.26 Å². The summed E-state index contributed by atoms with van der Waals surface area (Å²) in [7, 11) is 0. The van der Waals surface area contributed by atoms with Crippen molar-refractivity contribution in [3.05, 3.63) is 16.0 Å². The highest BCUT2D eigenvalue weighted by Gasteiger charge is 2.35. The van der Waals surface area contributed by atoms with Gasteiger partial charge in [0.2, 0.25) is 0 Å². The first-order chi connectivity index (χ1) is 7.98. The average molecular weight is 265 g/mol. The maximum atomic E-state index is 12.2. The molecule has 17 heavy (non-hydrogen) atoms. The second-order valence-electron chi connectivity index (χ2n) is 5.06. The molecular weight excluding hydrogens is 250 g/mol. The van der Waals surface area contributed by atoms with Gasteiger partial charge in [0.05, 0.1) is 4.21 Å².